The fourth-order valence-corrected chi connectivity index (χ4v) is 2.10. The Kier molecular flexibility index (Phi) is 4.02. The van der Waals surface area contributed by atoms with E-state index in [4.69, 9.17) is 15.2 Å². The van der Waals surface area contributed by atoms with Crippen LogP contribution in [-0.4, -0.2) is 25.3 Å². The highest BCUT2D eigenvalue weighted by Crippen LogP contribution is 2.23. The van der Waals surface area contributed by atoms with E-state index in [0.29, 0.717) is 22.3 Å². The molecule has 5 heteroatoms. The molecule has 0 aliphatic carbocycles. The van der Waals surface area contributed by atoms with E-state index in [1.54, 1.807) is 18.2 Å². The molecule has 1 saturated heterocycles. The lowest BCUT2D eigenvalue weighted by atomic mass is 10.2. The minimum atomic E-state index is -0.403. The topological polar surface area (TPSA) is 61.6 Å². The molecule has 0 amide bonds. The fraction of sp³-hybridized carbons (Fsp3) is 0.417. The molecule has 2 N–H and O–H groups in total. The van der Waals surface area contributed by atoms with Crippen molar-refractivity contribution in [2.24, 2.45) is 0 Å². The van der Waals surface area contributed by atoms with E-state index in [-0.39, 0.29) is 6.10 Å². The van der Waals surface area contributed by atoms with Gasteiger partial charge in [-0.25, -0.2) is 4.79 Å². The molecule has 0 bridgehead atoms. The largest absolute Gasteiger partial charge is 0.459 e. The number of rotatable bonds is 3. The van der Waals surface area contributed by atoms with Gasteiger partial charge in [-0.15, -0.1) is 0 Å². The summed E-state index contributed by atoms with van der Waals surface area (Å²) in [7, 11) is 0. The van der Waals surface area contributed by atoms with E-state index in [2.05, 4.69) is 15.9 Å². The summed E-state index contributed by atoms with van der Waals surface area (Å²) in [5.41, 5.74) is 6.58. The number of para-hydroxylation sites is 1. The van der Waals surface area contributed by atoms with E-state index < -0.39 is 5.97 Å². The maximum Gasteiger partial charge on any atom is 0.340 e. The number of esters is 1. The number of hydrogen-bond acceptors (Lipinski definition) is 4. The first-order valence-corrected chi connectivity index (χ1v) is 6.30. The van der Waals surface area contributed by atoms with E-state index in [9.17, 15) is 4.79 Å². The van der Waals surface area contributed by atoms with Gasteiger partial charge in [-0.1, -0.05) is 6.07 Å². The summed E-state index contributed by atoms with van der Waals surface area (Å²) in [6, 6.07) is 5.19. The Bertz CT molecular complexity index is 416. The van der Waals surface area contributed by atoms with E-state index >= 15 is 0 Å². The van der Waals surface area contributed by atoms with Crippen molar-refractivity contribution in [3.63, 3.8) is 0 Å². The maximum absolute atomic E-state index is 11.8. The van der Waals surface area contributed by atoms with Crippen LogP contribution >= 0.6 is 15.9 Å². The summed E-state index contributed by atoms with van der Waals surface area (Å²) in [5.74, 6) is -0.403. The lowest BCUT2D eigenvalue weighted by Crippen LogP contribution is -2.18. The van der Waals surface area contributed by atoms with Gasteiger partial charge in [0.1, 0.15) is 6.61 Å². The number of benzene rings is 1. The number of nitrogen functional groups attached to an aromatic ring is 1. The van der Waals surface area contributed by atoms with Crippen LogP contribution in [0.3, 0.4) is 0 Å². The zero-order chi connectivity index (χ0) is 12.3. The van der Waals surface area contributed by atoms with Gasteiger partial charge in [0.25, 0.3) is 0 Å². The predicted octanol–water partition coefficient (Wildman–Crippen LogP) is 2.37. The van der Waals surface area contributed by atoms with Gasteiger partial charge >= 0.3 is 5.97 Å². The second-order valence-electron chi connectivity index (χ2n) is 3.93. The zero-order valence-electron chi connectivity index (χ0n) is 9.32. The third-order valence-corrected chi connectivity index (χ3v) is 3.39. The Morgan fingerprint density at radius 3 is 3.12 bits per heavy atom. The molecule has 92 valence electrons. The van der Waals surface area contributed by atoms with Gasteiger partial charge in [0, 0.05) is 11.1 Å². The van der Waals surface area contributed by atoms with Crippen molar-refractivity contribution in [2.45, 2.75) is 18.9 Å². The van der Waals surface area contributed by atoms with Crippen LogP contribution in [0.5, 0.6) is 0 Å². The molecule has 2 rings (SSSR count). The van der Waals surface area contributed by atoms with Crippen molar-refractivity contribution in [2.75, 3.05) is 18.9 Å². The molecule has 1 fully saturated rings. The van der Waals surface area contributed by atoms with Crippen molar-refractivity contribution >= 4 is 27.6 Å². The van der Waals surface area contributed by atoms with Gasteiger partial charge < -0.3 is 15.2 Å². The summed E-state index contributed by atoms with van der Waals surface area (Å²) in [5, 5.41) is 0. The molecule has 1 aromatic rings. The van der Waals surface area contributed by atoms with Crippen LogP contribution in [0.25, 0.3) is 0 Å². The third-order valence-electron chi connectivity index (χ3n) is 2.70. The highest BCUT2D eigenvalue weighted by molar-refractivity contribution is 9.10. The number of carbonyl (C=O) groups excluding carboxylic acids is 1. The van der Waals surface area contributed by atoms with Crippen LogP contribution in [-0.2, 0) is 9.47 Å². The van der Waals surface area contributed by atoms with Crippen molar-refractivity contribution in [3.05, 3.63) is 28.2 Å². The minimum Gasteiger partial charge on any atom is -0.459 e. The van der Waals surface area contributed by atoms with Crippen molar-refractivity contribution in [3.8, 4) is 0 Å². The SMILES string of the molecule is Nc1c(Br)cccc1C(=O)OCC1CCCO1. The molecule has 1 aliphatic rings. The molecule has 17 heavy (non-hydrogen) atoms. The van der Waals surface area contributed by atoms with Gasteiger partial charge in [0.15, 0.2) is 0 Å². The van der Waals surface area contributed by atoms with E-state index in [1.165, 1.54) is 0 Å². The Morgan fingerprint density at radius 1 is 1.59 bits per heavy atom. The Labute approximate surface area is 108 Å². The maximum atomic E-state index is 11.8. The van der Waals surface area contributed by atoms with Gasteiger partial charge in [0.05, 0.1) is 17.4 Å². The molecule has 4 nitrogen and oxygen atoms in total. The van der Waals surface area contributed by atoms with Gasteiger partial charge in [-0.2, -0.15) is 0 Å². The fourth-order valence-electron chi connectivity index (χ4n) is 1.74. The van der Waals surface area contributed by atoms with E-state index in [1.807, 2.05) is 0 Å². The Morgan fingerprint density at radius 2 is 2.41 bits per heavy atom. The molecule has 1 aromatic carbocycles. The monoisotopic (exact) mass is 299 g/mol. The van der Waals surface area contributed by atoms with Crippen LogP contribution in [0.4, 0.5) is 5.69 Å². The van der Waals surface area contributed by atoms with Gasteiger partial charge in [-0.3, -0.25) is 0 Å². The molecule has 0 saturated carbocycles. The summed E-state index contributed by atoms with van der Waals surface area (Å²) in [6.07, 6.45) is 2.01. The molecule has 1 heterocycles. The van der Waals surface area contributed by atoms with Crippen molar-refractivity contribution in [1.82, 2.24) is 0 Å². The average Bonchev–Trinajstić information content (AvgIpc) is 2.82. The molecule has 1 aliphatic heterocycles. The zero-order valence-corrected chi connectivity index (χ0v) is 10.9. The number of hydrogen-bond donors (Lipinski definition) is 1. The second kappa shape index (κ2) is 5.51. The number of ether oxygens (including phenoxy) is 2. The first-order valence-electron chi connectivity index (χ1n) is 5.51. The van der Waals surface area contributed by atoms with Gasteiger partial charge in [-0.05, 0) is 40.9 Å². The summed E-state index contributed by atoms with van der Waals surface area (Å²) in [6.45, 7) is 1.05. The van der Waals surface area contributed by atoms with E-state index in [0.717, 1.165) is 19.4 Å². The lowest BCUT2D eigenvalue weighted by molar-refractivity contribution is 0.0162. The molecule has 0 aromatic heterocycles. The molecule has 0 radical (unpaired) electrons. The van der Waals surface area contributed by atoms with Crippen LogP contribution in [0, 0.1) is 0 Å². The Hall–Kier alpha value is -1.07. The quantitative estimate of drug-likeness (QED) is 0.687. The lowest BCUT2D eigenvalue weighted by Gasteiger charge is -2.11. The van der Waals surface area contributed by atoms with Crippen LogP contribution in [0.2, 0.25) is 0 Å². The first-order chi connectivity index (χ1) is 8.18. The molecule has 1 atom stereocenters. The number of nitrogens with two attached hydrogens (primary N) is 1. The first kappa shape index (κ1) is 12.4. The standard InChI is InChI=1S/C12H14BrNO3/c13-10-5-1-4-9(11(10)14)12(15)17-7-8-3-2-6-16-8/h1,4-5,8H,2-3,6-7,14H2. The van der Waals surface area contributed by atoms with Gasteiger partial charge in [0.2, 0.25) is 0 Å². The van der Waals surface area contributed by atoms with Crippen molar-refractivity contribution in [1.29, 1.82) is 0 Å². The molecular weight excluding hydrogens is 286 g/mol. The molecular formula is C12H14BrNO3. The predicted molar refractivity (Wildman–Crippen MR) is 67.8 cm³/mol. The Balaban J connectivity index is 1.97. The molecule has 0 spiro atoms. The summed E-state index contributed by atoms with van der Waals surface area (Å²) < 4.78 is 11.3. The van der Waals surface area contributed by atoms with Crippen LogP contribution < -0.4 is 5.73 Å². The second-order valence-corrected chi connectivity index (χ2v) is 4.79. The van der Waals surface area contributed by atoms with Crippen LogP contribution in [0.1, 0.15) is 23.2 Å². The highest BCUT2D eigenvalue weighted by atomic mass is 79.9. The number of carbonyl (C=O) groups is 1. The van der Waals surface area contributed by atoms with Crippen molar-refractivity contribution < 1.29 is 14.3 Å². The molecule has 1 unspecified atom stereocenters. The number of halogens is 1. The average molecular weight is 300 g/mol. The number of anilines is 1. The summed E-state index contributed by atoms with van der Waals surface area (Å²) in [4.78, 5) is 11.8. The minimum absolute atomic E-state index is 0.0346. The smallest absolute Gasteiger partial charge is 0.340 e. The highest BCUT2D eigenvalue weighted by Gasteiger charge is 2.19. The van der Waals surface area contributed by atoms with Crippen LogP contribution in [0.15, 0.2) is 22.7 Å². The third kappa shape index (κ3) is 2.98. The summed E-state index contributed by atoms with van der Waals surface area (Å²) >= 11 is 3.27. The normalized spacial score (nSPS) is 19.2.